The molecule has 0 saturated heterocycles. The van der Waals surface area contributed by atoms with E-state index >= 15 is 0 Å². The summed E-state index contributed by atoms with van der Waals surface area (Å²) >= 11 is 0. The van der Waals surface area contributed by atoms with Gasteiger partial charge in [0, 0.05) is 19.3 Å². The average Bonchev–Trinajstić information content (AvgIpc) is 3.33. The molecular formula is C61H110O6. The van der Waals surface area contributed by atoms with Crippen LogP contribution >= 0.6 is 0 Å². The van der Waals surface area contributed by atoms with E-state index in [4.69, 9.17) is 14.2 Å². The highest BCUT2D eigenvalue weighted by atomic mass is 16.6. The number of carbonyl (C=O) groups excluding carboxylic acids is 3. The smallest absolute Gasteiger partial charge is 0.306 e. The first kappa shape index (κ1) is 64.4. The van der Waals surface area contributed by atoms with Gasteiger partial charge in [0.2, 0.25) is 0 Å². The molecule has 0 fully saturated rings. The summed E-state index contributed by atoms with van der Waals surface area (Å²) in [6.45, 7) is 6.54. The van der Waals surface area contributed by atoms with Crippen LogP contribution in [-0.4, -0.2) is 37.2 Å². The minimum absolute atomic E-state index is 0.0757. The second-order valence-corrected chi connectivity index (χ2v) is 19.5. The molecule has 0 aromatic heterocycles. The first-order chi connectivity index (χ1) is 33.0. The van der Waals surface area contributed by atoms with Crippen LogP contribution in [0.3, 0.4) is 0 Å². The second kappa shape index (κ2) is 56.0. The molecular weight excluding hydrogens is 829 g/mol. The first-order valence-corrected chi connectivity index (χ1v) is 29.1. The van der Waals surface area contributed by atoms with Crippen molar-refractivity contribution in [2.45, 2.75) is 309 Å². The number of esters is 3. The lowest BCUT2D eigenvalue weighted by Gasteiger charge is -2.18. The Hall–Kier alpha value is -2.63. The lowest BCUT2D eigenvalue weighted by Crippen LogP contribution is -2.30. The number of hydrogen-bond donors (Lipinski definition) is 0. The molecule has 0 rings (SSSR count). The summed E-state index contributed by atoms with van der Waals surface area (Å²) < 4.78 is 16.9. The molecule has 6 nitrogen and oxygen atoms in total. The quantitative estimate of drug-likeness (QED) is 0.0262. The molecule has 0 aliphatic carbocycles. The van der Waals surface area contributed by atoms with Gasteiger partial charge in [0.1, 0.15) is 13.2 Å². The van der Waals surface area contributed by atoms with E-state index in [1.54, 1.807) is 0 Å². The Morgan fingerprint density at radius 3 is 0.925 bits per heavy atom. The molecule has 0 heterocycles. The average molecular weight is 940 g/mol. The molecule has 0 bridgehead atoms. The van der Waals surface area contributed by atoms with E-state index in [9.17, 15) is 14.4 Å². The fraction of sp³-hybridized carbons (Fsp3) is 0.820. The van der Waals surface area contributed by atoms with E-state index in [1.807, 2.05) is 0 Å². The van der Waals surface area contributed by atoms with Gasteiger partial charge in [-0.3, -0.25) is 14.4 Å². The molecule has 0 saturated carbocycles. The van der Waals surface area contributed by atoms with E-state index in [0.717, 1.165) is 96.3 Å². The summed E-state index contributed by atoms with van der Waals surface area (Å²) in [5.74, 6) is -0.879. The van der Waals surface area contributed by atoms with Crippen LogP contribution in [0.15, 0.2) is 48.6 Å². The SMILES string of the molecule is CC/C=C\C/C=C\C/C=C\CCCCCCCC(=O)OC[C@H](COC(=O)CCCCCCCCCCCCCCC)OC(=O)CCCCCCCCCCCCC/C=C\CCCCCCCC. The minimum atomic E-state index is -0.778. The van der Waals surface area contributed by atoms with Crippen molar-refractivity contribution in [2.24, 2.45) is 0 Å². The van der Waals surface area contributed by atoms with Crippen molar-refractivity contribution < 1.29 is 28.6 Å². The summed E-state index contributed by atoms with van der Waals surface area (Å²) in [6, 6.07) is 0. The normalized spacial score (nSPS) is 12.3. The lowest BCUT2D eigenvalue weighted by molar-refractivity contribution is -0.167. The molecule has 0 radical (unpaired) electrons. The van der Waals surface area contributed by atoms with Gasteiger partial charge in [-0.15, -0.1) is 0 Å². The molecule has 0 spiro atoms. The third kappa shape index (κ3) is 54.2. The van der Waals surface area contributed by atoms with Gasteiger partial charge in [0.15, 0.2) is 6.10 Å². The highest BCUT2D eigenvalue weighted by molar-refractivity contribution is 5.71. The Bertz CT molecular complexity index is 1170. The van der Waals surface area contributed by atoms with Crippen molar-refractivity contribution in [1.29, 1.82) is 0 Å². The Kier molecular flexibility index (Phi) is 53.8. The van der Waals surface area contributed by atoms with Gasteiger partial charge in [-0.25, -0.2) is 0 Å². The molecule has 0 N–H and O–H groups in total. The first-order valence-electron chi connectivity index (χ1n) is 29.1. The van der Waals surface area contributed by atoms with Gasteiger partial charge in [-0.1, -0.05) is 256 Å². The van der Waals surface area contributed by atoms with Gasteiger partial charge in [-0.2, -0.15) is 0 Å². The molecule has 67 heavy (non-hydrogen) atoms. The number of ether oxygens (including phenoxy) is 3. The van der Waals surface area contributed by atoms with Crippen LogP contribution in [-0.2, 0) is 28.6 Å². The summed E-state index contributed by atoms with van der Waals surface area (Å²) in [7, 11) is 0. The topological polar surface area (TPSA) is 78.9 Å². The highest BCUT2D eigenvalue weighted by Crippen LogP contribution is 2.16. The Morgan fingerprint density at radius 2 is 0.582 bits per heavy atom. The van der Waals surface area contributed by atoms with E-state index in [-0.39, 0.29) is 31.1 Å². The molecule has 0 aromatic carbocycles. The zero-order valence-electron chi connectivity index (χ0n) is 44.7. The zero-order chi connectivity index (χ0) is 48.6. The maximum absolute atomic E-state index is 12.9. The molecule has 0 unspecified atom stereocenters. The van der Waals surface area contributed by atoms with Crippen molar-refractivity contribution >= 4 is 17.9 Å². The van der Waals surface area contributed by atoms with E-state index in [1.165, 1.54) is 167 Å². The molecule has 0 aliphatic rings. The van der Waals surface area contributed by atoms with Crippen LogP contribution < -0.4 is 0 Å². The summed E-state index contributed by atoms with van der Waals surface area (Å²) in [5, 5.41) is 0. The molecule has 390 valence electrons. The van der Waals surface area contributed by atoms with E-state index < -0.39 is 6.10 Å². The minimum Gasteiger partial charge on any atom is -0.462 e. The summed E-state index contributed by atoms with van der Waals surface area (Å²) in [5.41, 5.74) is 0. The fourth-order valence-electron chi connectivity index (χ4n) is 8.45. The predicted molar refractivity (Wildman–Crippen MR) is 289 cm³/mol. The number of carbonyl (C=O) groups is 3. The number of hydrogen-bond acceptors (Lipinski definition) is 6. The number of allylic oxidation sites excluding steroid dienone is 8. The van der Waals surface area contributed by atoms with Gasteiger partial charge in [0.25, 0.3) is 0 Å². The Morgan fingerprint density at radius 1 is 0.313 bits per heavy atom. The van der Waals surface area contributed by atoms with E-state index in [0.29, 0.717) is 19.3 Å². The van der Waals surface area contributed by atoms with Crippen molar-refractivity contribution in [2.75, 3.05) is 13.2 Å². The highest BCUT2D eigenvalue weighted by Gasteiger charge is 2.19. The largest absolute Gasteiger partial charge is 0.462 e. The van der Waals surface area contributed by atoms with Crippen LogP contribution in [0.5, 0.6) is 0 Å². The molecule has 0 aromatic rings. The Balaban J connectivity index is 4.33. The third-order valence-electron chi connectivity index (χ3n) is 12.8. The van der Waals surface area contributed by atoms with Crippen molar-refractivity contribution in [3.05, 3.63) is 48.6 Å². The predicted octanol–water partition coefficient (Wildman–Crippen LogP) is 19.4. The number of unbranched alkanes of at least 4 members (excludes halogenated alkanes) is 34. The molecule has 6 heteroatoms. The third-order valence-corrected chi connectivity index (χ3v) is 12.8. The van der Waals surface area contributed by atoms with Gasteiger partial charge >= 0.3 is 17.9 Å². The fourth-order valence-corrected chi connectivity index (χ4v) is 8.45. The van der Waals surface area contributed by atoms with Crippen LogP contribution in [0.2, 0.25) is 0 Å². The molecule has 0 amide bonds. The van der Waals surface area contributed by atoms with Crippen LogP contribution in [0.25, 0.3) is 0 Å². The van der Waals surface area contributed by atoms with Crippen molar-refractivity contribution in [3.63, 3.8) is 0 Å². The zero-order valence-corrected chi connectivity index (χ0v) is 44.7. The van der Waals surface area contributed by atoms with Gasteiger partial charge in [-0.05, 0) is 77.0 Å². The van der Waals surface area contributed by atoms with Crippen LogP contribution in [0.1, 0.15) is 303 Å². The van der Waals surface area contributed by atoms with E-state index in [2.05, 4.69) is 69.4 Å². The monoisotopic (exact) mass is 939 g/mol. The second-order valence-electron chi connectivity index (χ2n) is 19.5. The summed E-state index contributed by atoms with van der Waals surface area (Å²) in [4.78, 5) is 38.1. The number of rotatable bonds is 53. The van der Waals surface area contributed by atoms with Crippen LogP contribution in [0.4, 0.5) is 0 Å². The van der Waals surface area contributed by atoms with Gasteiger partial charge < -0.3 is 14.2 Å². The summed E-state index contributed by atoms with van der Waals surface area (Å²) in [6.07, 6.45) is 68.2. The maximum atomic E-state index is 12.9. The standard InChI is InChI=1S/C61H110O6/c1-4-7-10-13-16-19-22-25-27-28-29-30-31-32-34-37-40-43-46-49-52-55-61(64)67-58(56-65-59(62)53-50-47-44-41-38-35-24-21-18-15-12-9-6-3)57-66-60(63)54-51-48-45-42-39-36-33-26-23-20-17-14-11-8-5-2/h8,11,17,20,25-27,33,58H,4-7,9-10,12-16,18-19,21-24,28-32,34-57H2,1-3H3/b11-8-,20-17-,27-25-,33-26-/t58-/m0/s1. The Labute approximate surface area is 416 Å². The molecule has 0 aliphatic heterocycles. The van der Waals surface area contributed by atoms with Crippen molar-refractivity contribution in [1.82, 2.24) is 0 Å². The molecule has 1 atom stereocenters. The van der Waals surface area contributed by atoms with Crippen LogP contribution in [0, 0.1) is 0 Å². The van der Waals surface area contributed by atoms with Crippen molar-refractivity contribution in [3.8, 4) is 0 Å². The van der Waals surface area contributed by atoms with Gasteiger partial charge in [0.05, 0.1) is 0 Å². The maximum Gasteiger partial charge on any atom is 0.306 e. The lowest BCUT2D eigenvalue weighted by atomic mass is 10.0.